The van der Waals surface area contributed by atoms with Gasteiger partial charge in [-0.1, -0.05) is 41.1 Å². The minimum absolute atomic E-state index is 0.0819. The SMILES string of the molecule is Cc1ccc(N2C(=O)CSC2=NC(=O)c2ccc(Cl)cc2)cc1. The van der Waals surface area contributed by atoms with Crippen LogP contribution in [0.2, 0.25) is 5.02 Å². The summed E-state index contributed by atoms with van der Waals surface area (Å²) in [6.45, 7) is 1.98. The number of hydrogen-bond donors (Lipinski definition) is 0. The average molecular weight is 345 g/mol. The lowest BCUT2D eigenvalue weighted by Crippen LogP contribution is -2.29. The Morgan fingerprint density at radius 3 is 2.43 bits per heavy atom. The summed E-state index contributed by atoms with van der Waals surface area (Å²) in [5.41, 5.74) is 2.25. The number of thioether (sulfide) groups is 1. The highest BCUT2D eigenvalue weighted by Crippen LogP contribution is 2.27. The zero-order valence-corrected chi connectivity index (χ0v) is 13.9. The van der Waals surface area contributed by atoms with Crippen LogP contribution >= 0.6 is 23.4 Å². The van der Waals surface area contributed by atoms with Crippen LogP contribution in [0.3, 0.4) is 0 Å². The molecule has 2 aromatic rings. The maximum atomic E-state index is 12.3. The molecule has 0 unspecified atom stereocenters. The number of amides is 2. The lowest BCUT2D eigenvalue weighted by Gasteiger charge is -2.15. The quantitative estimate of drug-likeness (QED) is 0.829. The van der Waals surface area contributed by atoms with E-state index in [2.05, 4.69) is 4.99 Å². The van der Waals surface area contributed by atoms with Crippen molar-refractivity contribution in [3.05, 3.63) is 64.7 Å². The first-order valence-corrected chi connectivity index (χ1v) is 8.32. The molecule has 1 saturated heterocycles. The van der Waals surface area contributed by atoms with Gasteiger partial charge >= 0.3 is 0 Å². The van der Waals surface area contributed by atoms with Gasteiger partial charge in [-0.05, 0) is 43.3 Å². The Kier molecular flexibility index (Phi) is 4.50. The molecule has 0 radical (unpaired) electrons. The van der Waals surface area contributed by atoms with Crippen molar-refractivity contribution in [3.8, 4) is 0 Å². The zero-order valence-electron chi connectivity index (χ0n) is 12.3. The molecular formula is C17H13ClN2O2S. The van der Waals surface area contributed by atoms with Crippen molar-refractivity contribution < 1.29 is 9.59 Å². The number of anilines is 1. The Hall–Kier alpha value is -2.11. The average Bonchev–Trinajstić information content (AvgIpc) is 2.89. The Balaban J connectivity index is 1.90. The number of benzene rings is 2. The van der Waals surface area contributed by atoms with Crippen molar-refractivity contribution >= 4 is 46.0 Å². The molecule has 4 nitrogen and oxygen atoms in total. The third-order valence-corrected chi connectivity index (χ3v) is 4.52. The monoisotopic (exact) mass is 344 g/mol. The third kappa shape index (κ3) is 3.46. The second-order valence-electron chi connectivity index (χ2n) is 5.06. The number of nitrogens with zero attached hydrogens (tertiary/aromatic N) is 2. The van der Waals surface area contributed by atoms with Crippen molar-refractivity contribution in [2.45, 2.75) is 6.92 Å². The van der Waals surface area contributed by atoms with Crippen LogP contribution in [0.25, 0.3) is 0 Å². The van der Waals surface area contributed by atoms with E-state index in [1.54, 1.807) is 24.3 Å². The first kappa shape index (κ1) is 15.8. The van der Waals surface area contributed by atoms with Crippen molar-refractivity contribution in [2.75, 3.05) is 10.7 Å². The summed E-state index contributed by atoms with van der Waals surface area (Å²) < 4.78 is 0. The van der Waals surface area contributed by atoms with Crippen LogP contribution in [-0.2, 0) is 4.79 Å². The molecule has 1 aliphatic heterocycles. The smallest absolute Gasteiger partial charge is 0.273 e. The standard InChI is InChI=1S/C17H13ClN2O2S/c1-11-2-8-14(9-3-11)20-15(21)10-23-17(20)19-16(22)12-4-6-13(18)7-5-12/h2-9H,10H2,1H3. The van der Waals surface area contributed by atoms with Crippen LogP contribution in [0.4, 0.5) is 5.69 Å². The Bertz CT molecular complexity index is 785. The van der Waals surface area contributed by atoms with Crippen LogP contribution in [0.1, 0.15) is 15.9 Å². The molecular weight excluding hydrogens is 332 g/mol. The molecule has 0 atom stereocenters. The molecule has 0 N–H and O–H groups in total. The fourth-order valence-electron chi connectivity index (χ4n) is 2.14. The summed E-state index contributed by atoms with van der Waals surface area (Å²) in [4.78, 5) is 30.0. The van der Waals surface area contributed by atoms with Gasteiger partial charge in [-0.3, -0.25) is 14.5 Å². The van der Waals surface area contributed by atoms with Crippen molar-refractivity contribution in [3.63, 3.8) is 0 Å². The number of rotatable bonds is 2. The molecule has 1 heterocycles. The molecule has 0 bridgehead atoms. The number of halogens is 1. The Morgan fingerprint density at radius 1 is 1.13 bits per heavy atom. The molecule has 2 aromatic carbocycles. The van der Waals surface area contributed by atoms with Gasteiger partial charge < -0.3 is 0 Å². The van der Waals surface area contributed by atoms with Gasteiger partial charge in [0.25, 0.3) is 5.91 Å². The molecule has 1 aliphatic rings. The highest BCUT2D eigenvalue weighted by molar-refractivity contribution is 8.15. The first-order chi connectivity index (χ1) is 11.0. The second kappa shape index (κ2) is 6.56. The van der Waals surface area contributed by atoms with Crippen LogP contribution in [-0.4, -0.2) is 22.7 Å². The van der Waals surface area contributed by atoms with E-state index in [0.29, 0.717) is 21.4 Å². The molecule has 23 heavy (non-hydrogen) atoms. The summed E-state index contributed by atoms with van der Waals surface area (Å²) in [6.07, 6.45) is 0. The van der Waals surface area contributed by atoms with E-state index in [1.165, 1.54) is 16.7 Å². The summed E-state index contributed by atoms with van der Waals surface area (Å²) in [7, 11) is 0. The normalized spacial score (nSPS) is 16.2. The molecule has 3 rings (SSSR count). The topological polar surface area (TPSA) is 49.7 Å². The summed E-state index contributed by atoms with van der Waals surface area (Å²) in [6, 6.07) is 14.1. The zero-order chi connectivity index (χ0) is 16.4. The molecule has 0 aliphatic carbocycles. The van der Waals surface area contributed by atoms with Gasteiger partial charge in [-0.15, -0.1) is 0 Å². The van der Waals surface area contributed by atoms with Gasteiger partial charge in [0, 0.05) is 10.6 Å². The number of hydrogen-bond acceptors (Lipinski definition) is 3. The van der Waals surface area contributed by atoms with Crippen molar-refractivity contribution in [1.29, 1.82) is 0 Å². The lowest BCUT2D eigenvalue weighted by atomic mass is 10.2. The Labute approximate surface area is 143 Å². The fraction of sp³-hybridized carbons (Fsp3) is 0.118. The first-order valence-electron chi connectivity index (χ1n) is 6.95. The van der Waals surface area contributed by atoms with E-state index in [1.807, 2.05) is 31.2 Å². The van der Waals surface area contributed by atoms with E-state index >= 15 is 0 Å². The number of carbonyl (C=O) groups excluding carboxylic acids is 2. The van der Waals surface area contributed by atoms with Crippen LogP contribution < -0.4 is 4.90 Å². The minimum atomic E-state index is -0.393. The molecule has 0 aromatic heterocycles. The highest BCUT2D eigenvalue weighted by atomic mass is 35.5. The summed E-state index contributed by atoms with van der Waals surface area (Å²) in [5, 5.41) is 0.958. The second-order valence-corrected chi connectivity index (χ2v) is 6.44. The predicted molar refractivity (Wildman–Crippen MR) is 94.3 cm³/mol. The molecule has 0 saturated carbocycles. The van der Waals surface area contributed by atoms with Gasteiger partial charge in [0.15, 0.2) is 5.17 Å². The number of aliphatic imine (C=N–C) groups is 1. The Morgan fingerprint density at radius 2 is 1.78 bits per heavy atom. The predicted octanol–water partition coefficient (Wildman–Crippen LogP) is 3.92. The van der Waals surface area contributed by atoms with Gasteiger partial charge in [0.05, 0.1) is 11.4 Å². The van der Waals surface area contributed by atoms with Gasteiger partial charge in [0.2, 0.25) is 5.91 Å². The van der Waals surface area contributed by atoms with Gasteiger partial charge in [-0.2, -0.15) is 4.99 Å². The molecule has 116 valence electrons. The lowest BCUT2D eigenvalue weighted by molar-refractivity contribution is -0.115. The van der Waals surface area contributed by atoms with Gasteiger partial charge in [0.1, 0.15) is 0 Å². The maximum Gasteiger partial charge on any atom is 0.279 e. The van der Waals surface area contributed by atoms with Gasteiger partial charge in [-0.25, -0.2) is 0 Å². The third-order valence-electron chi connectivity index (χ3n) is 3.35. The van der Waals surface area contributed by atoms with Crippen LogP contribution in [0, 0.1) is 6.92 Å². The van der Waals surface area contributed by atoms with E-state index in [-0.39, 0.29) is 11.7 Å². The van der Waals surface area contributed by atoms with E-state index in [0.717, 1.165) is 5.56 Å². The largest absolute Gasteiger partial charge is 0.279 e. The number of amidine groups is 1. The van der Waals surface area contributed by atoms with Crippen molar-refractivity contribution in [2.24, 2.45) is 4.99 Å². The molecule has 1 fully saturated rings. The highest BCUT2D eigenvalue weighted by Gasteiger charge is 2.30. The number of aryl methyl sites for hydroxylation is 1. The van der Waals surface area contributed by atoms with Crippen molar-refractivity contribution in [1.82, 2.24) is 0 Å². The summed E-state index contributed by atoms with van der Waals surface area (Å²) >= 11 is 7.08. The van der Waals surface area contributed by atoms with E-state index in [4.69, 9.17) is 11.6 Å². The fourth-order valence-corrected chi connectivity index (χ4v) is 3.13. The maximum absolute atomic E-state index is 12.3. The molecule has 2 amide bonds. The van der Waals surface area contributed by atoms with Crippen LogP contribution in [0.5, 0.6) is 0 Å². The number of carbonyl (C=O) groups is 2. The summed E-state index contributed by atoms with van der Waals surface area (Å²) in [5.74, 6) is -0.196. The minimum Gasteiger partial charge on any atom is -0.273 e. The van der Waals surface area contributed by atoms with E-state index in [9.17, 15) is 9.59 Å². The molecule has 0 spiro atoms. The van der Waals surface area contributed by atoms with Crippen LogP contribution in [0.15, 0.2) is 53.5 Å². The molecule has 6 heteroatoms. The van der Waals surface area contributed by atoms with E-state index < -0.39 is 5.91 Å².